The predicted octanol–water partition coefficient (Wildman–Crippen LogP) is -0.968. The highest BCUT2D eigenvalue weighted by atomic mass is 32.2. The maximum absolute atomic E-state index is 13.9. The first-order valence-electron chi connectivity index (χ1n) is 17.9. The van der Waals surface area contributed by atoms with E-state index in [1.54, 1.807) is 39.5 Å². The van der Waals surface area contributed by atoms with Crippen LogP contribution in [-0.2, 0) is 33.8 Å². The zero-order chi connectivity index (χ0) is 40.4. The molecular weight excluding hydrogens is 730 g/mol. The van der Waals surface area contributed by atoms with Gasteiger partial charge in [0, 0.05) is 51.6 Å². The number of aryl methyl sites for hydroxylation is 2. The smallest absolute Gasteiger partial charge is 0.410 e. The van der Waals surface area contributed by atoms with Gasteiger partial charge in [0.15, 0.2) is 5.60 Å². The van der Waals surface area contributed by atoms with Crippen molar-refractivity contribution in [2.45, 2.75) is 108 Å². The molecule has 3 fully saturated rings. The number of hydrogen-bond donors (Lipinski definition) is 7. The average molecular weight is 786 g/mol. The minimum absolute atomic E-state index is 0.0252. The van der Waals surface area contributed by atoms with E-state index in [2.05, 4.69) is 10.6 Å². The molecule has 18 nitrogen and oxygen atoms in total. The largest absolute Gasteiger partial charge is 0.507 e. The van der Waals surface area contributed by atoms with Gasteiger partial charge < -0.3 is 50.2 Å². The topological polar surface area (TPSA) is 254 Å². The van der Waals surface area contributed by atoms with Crippen LogP contribution in [0.15, 0.2) is 12.1 Å². The van der Waals surface area contributed by atoms with E-state index in [4.69, 9.17) is 14.2 Å². The molecule has 304 valence electrons. The van der Waals surface area contributed by atoms with Crippen molar-refractivity contribution in [3.05, 3.63) is 28.8 Å². The number of nitrogens with zero attached hydrogens (tertiary/aromatic N) is 2. The number of phenols is 1. The number of carbonyl (C=O) groups excluding carboxylic acids is 4. The molecule has 7 N–H and O–H groups in total. The van der Waals surface area contributed by atoms with Crippen molar-refractivity contribution < 1.29 is 62.2 Å². The number of carbonyl (C=O) groups is 4. The maximum Gasteiger partial charge on any atom is 0.410 e. The first-order chi connectivity index (χ1) is 25.0. The molecule has 1 aromatic carbocycles. The van der Waals surface area contributed by atoms with E-state index >= 15 is 0 Å². The molecule has 0 saturated carbocycles. The van der Waals surface area contributed by atoms with E-state index in [0.717, 1.165) is 13.2 Å². The van der Waals surface area contributed by atoms with Gasteiger partial charge in [-0.25, -0.2) is 13.2 Å². The molecule has 7 atom stereocenters. The normalized spacial score (nSPS) is 27.6. The molecule has 0 aliphatic carbocycles. The number of aromatic hydroxyl groups is 1. The minimum Gasteiger partial charge on any atom is -0.507 e. The van der Waals surface area contributed by atoms with E-state index in [0.29, 0.717) is 37.2 Å². The minimum atomic E-state index is -4.16. The third-order valence-corrected chi connectivity index (χ3v) is 10.6. The van der Waals surface area contributed by atoms with E-state index < -0.39 is 94.0 Å². The zero-order valence-corrected chi connectivity index (χ0v) is 32.7. The Kier molecular flexibility index (Phi) is 13.3. The van der Waals surface area contributed by atoms with Crippen LogP contribution in [0.5, 0.6) is 5.75 Å². The van der Waals surface area contributed by atoms with Crippen molar-refractivity contribution in [1.82, 2.24) is 25.2 Å². The van der Waals surface area contributed by atoms with Gasteiger partial charge in [0.05, 0.1) is 43.3 Å². The molecule has 3 saturated heterocycles. The molecule has 1 spiro atoms. The summed E-state index contributed by atoms with van der Waals surface area (Å²) >= 11 is 0. The summed E-state index contributed by atoms with van der Waals surface area (Å²) in [7, 11) is -4.16. The lowest BCUT2D eigenvalue weighted by Crippen LogP contribution is -2.69. The third-order valence-electron chi connectivity index (χ3n) is 10.0. The quantitative estimate of drug-likeness (QED) is 0.143. The predicted molar refractivity (Wildman–Crippen MR) is 193 cm³/mol. The van der Waals surface area contributed by atoms with Gasteiger partial charge in [0.1, 0.15) is 23.6 Å². The Labute approximate surface area is 315 Å². The van der Waals surface area contributed by atoms with Crippen LogP contribution in [0.4, 0.5) is 4.79 Å². The number of ether oxygens (including phenoxy) is 3. The monoisotopic (exact) mass is 785 g/mol. The number of amides is 4. The molecule has 3 aliphatic heterocycles. The van der Waals surface area contributed by atoms with Crippen molar-refractivity contribution in [3.8, 4) is 5.75 Å². The summed E-state index contributed by atoms with van der Waals surface area (Å²) in [5.41, 5.74) is -2.44. The van der Waals surface area contributed by atoms with Crippen molar-refractivity contribution >= 4 is 33.8 Å². The first kappa shape index (κ1) is 43.1. The molecule has 0 radical (unpaired) electrons. The second-order valence-electron chi connectivity index (χ2n) is 15.7. The number of benzene rings is 1. The molecule has 3 heterocycles. The van der Waals surface area contributed by atoms with Gasteiger partial charge in [-0.1, -0.05) is 0 Å². The molecule has 54 heavy (non-hydrogen) atoms. The standard InChI is InChI=1S/C35H55N5O13S/c1-20-14-23(15-21(2)27(20)44)30(46)36-17-25(43)28(45)29-26(37-22(3)41)24(42)16-35(52-29,31(47)38-54(7,49)50)9-11-40-12-13-51-19-34(40)8-10-39(18-34)32(48)53-33(4,5)6/h14-15,24-26,28-29,42-45H,8-13,16-19H2,1-7H3,(H,36,46)(H,37,41)(H,38,47)/t24-,25+,26+,28+,29+,34-,35+/m0/s1. The van der Waals surface area contributed by atoms with Gasteiger partial charge in [0.25, 0.3) is 11.8 Å². The first-order valence-corrected chi connectivity index (χ1v) is 19.8. The molecule has 4 rings (SSSR count). The lowest BCUT2D eigenvalue weighted by atomic mass is 9.80. The lowest BCUT2D eigenvalue weighted by molar-refractivity contribution is -0.221. The zero-order valence-electron chi connectivity index (χ0n) is 31.9. The molecular formula is C35H55N5O13S. The van der Waals surface area contributed by atoms with Crippen LogP contribution < -0.4 is 15.4 Å². The van der Waals surface area contributed by atoms with Crippen molar-refractivity contribution in [3.63, 3.8) is 0 Å². The van der Waals surface area contributed by atoms with Crippen molar-refractivity contribution in [1.29, 1.82) is 0 Å². The Hall–Kier alpha value is -3.59. The lowest BCUT2D eigenvalue weighted by Gasteiger charge is -2.50. The van der Waals surface area contributed by atoms with Crippen molar-refractivity contribution in [2.24, 2.45) is 0 Å². The average Bonchev–Trinajstić information content (AvgIpc) is 3.48. The summed E-state index contributed by atoms with van der Waals surface area (Å²) in [6.07, 6.45) is -6.89. The Morgan fingerprint density at radius 3 is 2.35 bits per heavy atom. The number of aliphatic hydroxyl groups excluding tert-OH is 3. The number of sulfonamides is 1. The molecule has 19 heteroatoms. The summed E-state index contributed by atoms with van der Waals surface area (Å²) in [6, 6.07) is 1.53. The highest BCUT2D eigenvalue weighted by Gasteiger charge is 2.56. The number of likely N-dealkylation sites (tertiary alicyclic amines) is 1. The number of aliphatic hydroxyl groups is 3. The second kappa shape index (κ2) is 16.6. The molecule has 0 bridgehead atoms. The summed E-state index contributed by atoms with van der Waals surface area (Å²) in [6.45, 7) is 10.8. The summed E-state index contributed by atoms with van der Waals surface area (Å²) in [4.78, 5) is 55.7. The van der Waals surface area contributed by atoms with Crippen LogP contribution in [0.2, 0.25) is 0 Å². The van der Waals surface area contributed by atoms with Gasteiger partial charge in [-0.15, -0.1) is 0 Å². The summed E-state index contributed by atoms with van der Waals surface area (Å²) in [5.74, 6) is -2.36. The highest BCUT2D eigenvalue weighted by Crippen LogP contribution is 2.38. The van der Waals surface area contributed by atoms with Crippen LogP contribution in [0, 0.1) is 13.8 Å². The molecule has 3 aliphatic rings. The Morgan fingerprint density at radius 1 is 1.11 bits per heavy atom. The number of nitrogens with one attached hydrogen (secondary N) is 3. The Morgan fingerprint density at radius 2 is 1.76 bits per heavy atom. The van der Waals surface area contributed by atoms with Crippen LogP contribution in [0.1, 0.15) is 68.4 Å². The maximum atomic E-state index is 13.9. The van der Waals surface area contributed by atoms with Crippen LogP contribution >= 0.6 is 0 Å². The van der Waals surface area contributed by atoms with Crippen LogP contribution in [0.25, 0.3) is 0 Å². The van der Waals surface area contributed by atoms with Gasteiger partial charge >= 0.3 is 6.09 Å². The number of hydrogen-bond acceptors (Lipinski definition) is 14. The van der Waals surface area contributed by atoms with E-state index in [1.165, 1.54) is 12.1 Å². The highest BCUT2D eigenvalue weighted by molar-refractivity contribution is 7.89. The molecule has 0 unspecified atom stereocenters. The molecule has 1 aromatic rings. The molecule has 0 aromatic heterocycles. The van der Waals surface area contributed by atoms with E-state index in [1.807, 2.05) is 9.62 Å². The van der Waals surface area contributed by atoms with Gasteiger partial charge in [-0.2, -0.15) is 0 Å². The summed E-state index contributed by atoms with van der Waals surface area (Å²) in [5, 5.41) is 49.2. The number of rotatable bonds is 11. The van der Waals surface area contributed by atoms with E-state index in [9.17, 15) is 48.0 Å². The molecule has 4 amide bonds. The van der Waals surface area contributed by atoms with Crippen molar-refractivity contribution in [2.75, 3.05) is 52.2 Å². The fourth-order valence-electron chi connectivity index (χ4n) is 7.31. The third kappa shape index (κ3) is 10.4. The van der Waals surface area contributed by atoms with Crippen LogP contribution in [-0.4, -0.2) is 162 Å². The Bertz CT molecular complexity index is 1660. The SMILES string of the molecule is CC(=O)N[C@H]1[C@H]([C@H](O)[C@H](O)CNC(=O)c2cc(C)c(O)c(C)c2)O[C@@](CCN2CCOC[C@@]23CCN(C(=O)OC(C)(C)C)C3)(C(=O)NS(C)(=O)=O)C[C@@H]1O. The fraction of sp³-hybridized carbons (Fsp3) is 0.714. The fourth-order valence-corrected chi connectivity index (χ4v) is 7.84. The van der Waals surface area contributed by atoms with Gasteiger partial charge in [-0.05, 0) is 70.7 Å². The van der Waals surface area contributed by atoms with E-state index in [-0.39, 0.29) is 37.4 Å². The van der Waals surface area contributed by atoms with Gasteiger partial charge in [-0.3, -0.25) is 24.0 Å². The number of morpholine rings is 1. The summed E-state index contributed by atoms with van der Waals surface area (Å²) < 4.78 is 44.3. The number of phenolic OH excluding ortho intramolecular Hbond substituents is 1. The van der Waals surface area contributed by atoms with Crippen LogP contribution in [0.3, 0.4) is 0 Å². The second-order valence-corrected chi connectivity index (χ2v) is 17.4. The van der Waals surface area contributed by atoms with Gasteiger partial charge in [0.2, 0.25) is 15.9 Å². The Balaban J connectivity index is 1.60.